The van der Waals surface area contributed by atoms with Crippen LogP contribution in [0.2, 0.25) is 0 Å². The van der Waals surface area contributed by atoms with Crippen molar-refractivity contribution in [1.82, 2.24) is 25.4 Å². The number of thiophene rings is 1. The van der Waals surface area contributed by atoms with Crippen LogP contribution in [0.4, 0.5) is 30.1 Å². The number of hydrogen-bond acceptors (Lipinski definition) is 11. The molecule has 2 aromatic heterocycles. The van der Waals surface area contributed by atoms with Gasteiger partial charge in [0.2, 0.25) is 17.2 Å². The van der Waals surface area contributed by atoms with Crippen LogP contribution < -0.4 is 37.3 Å². The molecule has 18 nitrogen and oxygen atoms in total. The summed E-state index contributed by atoms with van der Waals surface area (Å²) in [6.45, 7) is 3.17. The van der Waals surface area contributed by atoms with Crippen LogP contribution in [0.5, 0.6) is 0 Å². The fraction of sp³-hybridized carbons (Fsp3) is 0.311. The summed E-state index contributed by atoms with van der Waals surface area (Å²) in [6.07, 6.45) is 0.383. The van der Waals surface area contributed by atoms with Gasteiger partial charge in [-0.2, -0.15) is 0 Å². The van der Waals surface area contributed by atoms with Crippen LogP contribution >= 0.6 is 11.3 Å². The standard InChI is InChI=1S/C45H49FN8O10S/c1-2-52-25-33(42(58)59)39(55)32-23-34(46)38(24-37(32)52)53-17-19-54(20-18-53)45(62)64-27-29-12-14-30(15-13-29)49-40(56)35(11-6-16-48-43(47)60)50-41(57)36(22-31-10-7-21-65-31)51-44(61)63-26-28-8-4-3-5-9-28/h3-5,7-10,12-15,21,23-25,35-36H,2,6,11,16-20,22,26-27H2,1H3,(H,49,56)(H,50,57)(H,51,61)(H,58,59)(H3,47,48,60)/t35-,36-/m0/s1. The molecule has 342 valence electrons. The van der Waals surface area contributed by atoms with Gasteiger partial charge in [-0.3, -0.25) is 14.4 Å². The van der Waals surface area contributed by atoms with Gasteiger partial charge >= 0.3 is 24.2 Å². The topological polar surface area (TPSA) is 244 Å². The van der Waals surface area contributed by atoms with Gasteiger partial charge in [-0.25, -0.2) is 23.6 Å². The number of nitrogens with one attached hydrogen (secondary N) is 4. The van der Waals surface area contributed by atoms with E-state index >= 15 is 4.39 Å². The van der Waals surface area contributed by atoms with Gasteiger partial charge < -0.3 is 55.9 Å². The molecular formula is C45H49FN8O10S. The summed E-state index contributed by atoms with van der Waals surface area (Å²) in [5.74, 6) is -3.26. The normalized spacial score (nSPS) is 13.3. The average molecular weight is 913 g/mol. The van der Waals surface area contributed by atoms with E-state index in [1.165, 1.54) is 28.5 Å². The van der Waals surface area contributed by atoms with E-state index in [0.717, 1.165) is 16.5 Å². The fourth-order valence-corrected chi connectivity index (χ4v) is 7.89. The van der Waals surface area contributed by atoms with Crippen LogP contribution in [-0.4, -0.2) is 95.4 Å². The van der Waals surface area contributed by atoms with Crippen molar-refractivity contribution in [2.45, 2.75) is 58.0 Å². The van der Waals surface area contributed by atoms with Gasteiger partial charge in [0.15, 0.2) is 0 Å². The highest BCUT2D eigenvalue weighted by Gasteiger charge is 2.29. The Morgan fingerprint density at radius 1 is 0.862 bits per heavy atom. The SMILES string of the molecule is CCn1cc(C(=O)O)c(=O)c2cc(F)c(N3CCN(C(=O)OCc4ccc(NC(=O)[C@H](CCCNC(N)=O)NC(=O)[C@H](Cc5cccs5)NC(=O)OCc5ccccc5)cc4)CC3)cc21. The van der Waals surface area contributed by atoms with Gasteiger partial charge in [0.1, 0.15) is 36.7 Å². The van der Waals surface area contributed by atoms with Crippen LogP contribution in [0, 0.1) is 5.82 Å². The van der Waals surface area contributed by atoms with E-state index in [-0.39, 0.29) is 76.3 Å². The first-order valence-corrected chi connectivity index (χ1v) is 21.7. The van der Waals surface area contributed by atoms with Crippen LogP contribution in [0.15, 0.2) is 95.2 Å². The van der Waals surface area contributed by atoms with E-state index in [9.17, 15) is 38.7 Å². The summed E-state index contributed by atoms with van der Waals surface area (Å²) in [5, 5.41) is 21.9. The van der Waals surface area contributed by atoms with E-state index in [0.29, 0.717) is 23.3 Å². The number of urea groups is 1. The highest BCUT2D eigenvalue weighted by Crippen LogP contribution is 2.27. The number of hydrogen-bond donors (Lipinski definition) is 6. The van der Waals surface area contributed by atoms with Crippen LogP contribution in [-0.2, 0) is 45.2 Å². The second kappa shape index (κ2) is 22.2. The molecule has 6 amide bonds. The molecule has 0 saturated carbocycles. The molecule has 3 heterocycles. The first kappa shape index (κ1) is 47.0. The van der Waals surface area contributed by atoms with Crippen molar-refractivity contribution in [2.24, 2.45) is 5.73 Å². The zero-order chi connectivity index (χ0) is 46.5. The summed E-state index contributed by atoms with van der Waals surface area (Å²) in [6, 6.07) is 18.9. The van der Waals surface area contributed by atoms with Gasteiger partial charge in [0.05, 0.1) is 11.2 Å². The van der Waals surface area contributed by atoms with E-state index in [2.05, 4.69) is 21.3 Å². The number of primary amides is 1. The van der Waals surface area contributed by atoms with Gasteiger partial charge in [0, 0.05) is 67.8 Å². The van der Waals surface area contributed by atoms with Gasteiger partial charge in [0.25, 0.3) is 0 Å². The second-order valence-corrected chi connectivity index (χ2v) is 16.1. The Kier molecular flexibility index (Phi) is 16.1. The zero-order valence-electron chi connectivity index (χ0n) is 35.4. The number of carbonyl (C=O) groups is 6. The minimum Gasteiger partial charge on any atom is -0.477 e. The molecule has 1 aliphatic rings. The lowest BCUT2D eigenvalue weighted by Crippen LogP contribution is -2.53. The monoisotopic (exact) mass is 912 g/mol. The number of nitrogens with zero attached hydrogens (tertiary/aromatic N) is 3. The number of pyridine rings is 1. The van der Waals surface area contributed by atoms with Gasteiger partial charge in [-0.05, 0) is 66.6 Å². The minimum atomic E-state index is -1.39. The predicted molar refractivity (Wildman–Crippen MR) is 240 cm³/mol. The summed E-state index contributed by atoms with van der Waals surface area (Å²) in [5.41, 5.74) is 6.38. The van der Waals surface area contributed by atoms with Crippen molar-refractivity contribution in [2.75, 3.05) is 42.9 Å². The number of aromatic carboxylic acids is 1. The lowest BCUT2D eigenvalue weighted by molar-refractivity contribution is -0.128. The number of carboxylic acids is 1. The number of amides is 6. The lowest BCUT2D eigenvalue weighted by atomic mass is 10.1. The molecule has 6 rings (SSSR count). The Morgan fingerprint density at radius 2 is 1.57 bits per heavy atom. The largest absolute Gasteiger partial charge is 0.477 e. The number of nitrogens with two attached hydrogens (primary N) is 1. The third kappa shape index (κ3) is 12.8. The maximum atomic E-state index is 15.4. The number of halogens is 1. The number of benzene rings is 3. The third-order valence-corrected chi connectivity index (χ3v) is 11.5. The van der Waals surface area contributed by atoms with Crippen molar-refractivity contribution in [3.05, 3.63) is 128 Å². The molecule has 1 fully saturated rings. The number of anilines is 2. The molecule has 1 saturated heterocycles. The van der Waals surface area contributed by atoms with E-state index in [1.807, 2.05) is 35.7 Å². The summed E-state index contributed by atoms with van der Waals surface area (Å²) >= 11 is 1.40. The number of ether oxygens (including phenoxy) is 2. The summed E-state index contributed by atoms with van der Waals surface area (Å²) < 4.78 is 27.9. The summed E-state index contributed by atoms with van der Waals surface area (Å²) in [7, 11) is 0. The molecular weight excluding hydrogens is 864 g/mol. The van der Waals surface area contributed by atoms with Gasteiger partial charge in [-0.15, -0.1) is 11.3 Å². The molecule has 1 aliphatic heterocycles. The highest BCUT2D eigenvalue weighted by atomic mass is 32.1. The van der Waals surface area contributed by atoms with Crippen molar-refractivity contribution >= 4 is 69.6 Å². The molecule has 20 heteroatoms. The van der Waals surface area contributed by atoms with Crippen LogP contribution in [0.1, 0.15) is 46.1 Å². The second-order valence-electron chi connectivity index (χ2n) is 15.0. The molecule has 7 N–H and O–H groups in total. The molecule has 2 atom stereocenters. The van der Waals surface area contributed by atoms with Crippen LogP contribution in [0.25, 0.3) is 10.9 Å². The van der Waals surface area contributed by atoms with E-state index in [1.54, 1.807) is 52.8 Å². The van der Waals surface area contributed by atoms with Crippen molar-refractivity contribution in [3.63, 3.8) is 0 Å². The molecule has 3 aromatic carbocycles. The Morgan fingerprint density at radius 3 is 2.23 bits per heavy atom. The lowest BCUT2D eigenvalue weighted by Gasteiger charge is -2.35. The highest BCUT2D eigenvalue weighted by molar-refractivity contribution is 7.09. The Hall–Kier alpha value is -7.48. The number of alkyl carbamates (subject to hydrolysis) is 1. The maximum Gasteiger partial charge on any atom is 0.410 e. The minimum absolute atomic E-state index is 0.0124. The van der Waals surface area contributed by atoms with Crippen molar-refractivity contribution in [3.8, 4) is 0 Å². The molecule has 65 heavy (non-hydrogen) atoms. The quantitative estimate of drug-likeness (QED) is 0.0653. The number of aryl methyl sites for hydroxylation is 1. The maximum absolute atomic E-state index is 15.4. The van der Waals surface area contributed by atoms with Crippen LogP contribution in [0.3, 0.4) is 0 Å². The predicted octanol–water partition coefficient (Wildman–Crippen LogP) is 4.79. The Balaban J connectivity index is 1.03. The summed E-state index contributed by atoms with van der Waals surface area (Å²) in [4.78, 5) is 93.0. The first-order valence-electron chi connectivity index (χ1n) is 20.8. The molecule has 0 spiro atoms. The molecule has 0 bridgehead atoms. The van der Waals surface area contributed by atoms with Crippen molar-refractivity contribution in [1.29, 1.82) is 0 Å². The Labute approximate surface area is 376 Å². The average Bonchev–Trinajstić information content (AvgIpc) is 3.82. The molecule has 0 unspecified atom stereocenters. The van der Waals surface area contributed by atoms with Crippen molar-refractivity contribution < 1.29 is 47.7 Å². The number of piperazine rings is 1. The number of carbonyl (C=O) groups excluding carboxylic acids is 5. The smallest absolute Gasteiger partial charge is 0.410 e. The third-order valence-electron chi connectivity index (χ3n) is 10.6. The Bertz CT molecular complexity index is 2550. The molecule has 0 aliphatic carbocycles. The molecule has 0 radical (unpaired) electrons. The van der Waals surface area contributed by atoms with E-state index < -0.39 is 64.9 Å². The number of rotatable bonds is 18. The zero-order valence-corrected chi connectivity index (χ0v) is 36.2. The number of aromatic nitrogens is 1. The van der Waals surface area contributed by atoms with E-state index in [4.69, 9.17) is 15.2 Å². The fourth-order valence-electron chi connectivity index (χ4n) is 7.14. The first-order chi connectivity index (χ1) is 31.3. The number of fused-ring (bicyclic) bond motifs is 1. The number of carboxylic acid groups (broad SMARTS) is 1. The van der Waals surface area contributed by atoms with Gasteiger partial charge in [-0.1, -0.05) is 48.5 Å². The molecule has 5 aromatic rings.